The van der Waals surface area contributed by atoms with Gasteiger partial charge in [0.05, 0.1) is 20.9 Å². The molecule has 0 saturated carbocycles. The van der Waals surface area contributed by atoms with Crippen LogP contribution in [0.1, 0.15) is 25.3 Å². The number of aromatic nitrogens is 3. The number of nitrogens with one attached hydrogen (secondary N) is 2. The first-order chi connectivity index (χ1) is 17.0. The van der Waals surface area contributed by atoms with Crippen LogP contribution in [0.25, 0.3) is 10.9 Å². The molecule has 13 heteroatoms. The highest BCUT2D eigenvalue weighted by molar-refractivity contribution is 7.93. The molecule has 0 spiro atoms. The number of ether oxygens (including phenoxy) is 1. The van der Waals surface area contributed by atoms with Crippen molar-refractivity contribution in [1.82, 2.24) is 20.3 Å². The van der Waals surface area contributed by atoms with E-state index < -0.39 is 34.5 Å². The lowest BCUT2D eigenvalue weighted by Gasteiger charge is -2.18. The third-order valence-electron chi connectivity index (χ3n) is 5.51. The van der Waals surface area contributed by atoms with Crippen molar-refractivity contribution in [1.29, 1.82) is 0 Å². The van der Waals surface area contributed by atoms with E-state index in [1.54, 1.807) is 23.5 Å². The topological polar surface area (TPSA) is 118 Å². The molecule has 1 aromatic carbocycles. The van der Waals surface area contributed by atoms with Gasteiger partial charge in [-0.25, -0.2) is 19.2 Å². The lowest BCUT2D eigenvalue weighted by molar-refractivity contribution is -0.142. The molecule has 0 radical (unpaired) electrons. The van der Waals surface area contributed by atoms with E-state index in [4.69, 9.17) is 4.74 Å². The number of alkyl halides is 3. The average molecular weight is 523 g/mol. The number of aryl methyl sites for hydroxylation is 1. The summed E-state index contributed by atoms with van der Waals surface area (Å²) in [6.45, 7) is 1.74. The van der Waals surface area contributed by atoms with Gasteiger partial charge in [0.15, 0.2) is 6.10 Å². The smallest absolute Gasteiger partial charge is 0.405 e. The van der Waals surface area contributed by atoms with E-state index >= 15 is 0 Å². The first-order valence-electron chi connectivity index (χ1n) is 11.2. The maximum atomic E-state index is 12.9. The molecular formula is C23H25F3N6O3S. The lowest BCUT2D eigenvalue weighted by Crippen LogP contribution is -2.41. The summed E-state index contributed by atoms with van der Waals surface area (Å²) < 4.78 is 60.1. The Kier molecular flexibility index (Phi) is 7.29. The average Bonchev–Trinajstić information content (AvgIpc) is 3.23. The largest absolute Gasteiger partial charge is 0.463 e. The van der Waals surface area contributed by atoms with Crippen LogP contribution in [0.5, 0.6) is 5.88 Å². The molecule has 36 heavy (non-hydrogen) atoms. The van der Waals surface area contributed by atoms with Gasteiger partial charge in [-0.05, 0) is 56.5 Å². The van der Waals surface area contributed by atoms with E-state index in [0.29, 0.717) is 39.6 Å². The molecule has 4 rings (SSSR count). The Morgan fingerprint density at radius 2 is 1.97 bits per heavy atom. The summed E-state index contributed by atoms with van der Waals surface area (Å²) in [5.41, 5.74) is 2.36. The van der Waals surface area contributed by atoms with Gasteiger partial charge in [0.1, 0.15) is 24.4 Å². The summed E-state index contributed by atoms with van der Waals surface area (Å²) in [5, 5.41) is 5.61. The molecule has 1 amide bonds. The summed E-state index contributed by atoms with van der Waals surface area (Å²) in [4.78, 5) is 24.8. The lowest BCUT2D eigenvalue weighted by atomic mass is 10.1. The Morgan fingerprint density at radius 3 is 2.69 bits per heavy atom. The molecule has 0 bridgehead atoms. The molecule has 3 heterocycles. The molecule has 192 valence electrons. The second-order valence-corrected chi connectivity index (χ2v) is 11.0. The van der Waals surface area contributed by atoms with Crippen LogP contribution in [-0.2, 0) is 14.5 Å². The minimum absolute atomic E-state index is 0.0151. The van der Waals surface area contributed by atoms with Crippen LogP contribution < -0.4 is 15.4 Å². The molecule has 3 aromatic rings. The zero-order chi connectivity index (χ0) is 25.9. The number of amides is 1. The minimum atomic E-state index is -4.53. The first kappa shape index (κ1) is 25.6. The van der Waals surface area contributed by atoms with Crippen LogP contribution in [-0.4, -0.2) is 55.4 Å². The van der Waals surface area contributed by atoms with Gasteiger partial charge in [0.2, 0.25) is 5.88 Å². The predicted octanol–water partition coefficient (Wildman–Crippen LogP) is 4.42. The van der Waals surface area contributed by atoms with Crippen molar-refractivity contribution in [3.63, 3.8) is 0 Å². The zero-order valence-electron chi connectivity index (χ0n) is 19.6. The highest BCUT2D eigenvalue weighted by Crippen LogP contribution is 2.33. The second kappa shape index (κ2) is 10.2. The molecule has 2 N–H and O–H groups in total. The number of pyridine rings is 1. The summed E-state index contributed by atoms with van der Waals surface area (Å²) in [6, 6.07) is 6.86. The van der Waals surface area contributed by atoms with E-state index in [2.05, 4.69) is 24.6 Å². The Morgan fingerprint density at radius 1 is 1.22 bits per heavy atom. The van der Waals surface area contributed by atoms with Gasteiger partial charge in [0, 0.05) is 23.1 Å². The predicted molar refractivity (Wildman–Crippen MR) is 130 cm³/mol. The number of benzene rings is 1. The summed E-state index contributed by atoms with van der Waals surface area (Å²) in [6.07, 6.45) is -1.14. The highest BCUT2D eigenvalue weighted by Gasteiger charge is 2.29. The van der Waals surface area contributed by atoms with E-state index in [1.807, 2.05) is 13.0 Å². The van der Waals surface area contributed by atoms with Crippen molar-refractivity contribution < 1.29 is 26.9 Å². The molecule has 1 saturated heterocycles. The SMILES string of the molecule is Cc1cc(N=S2(=O)CCCC2)cc2ncnc(Nc3cccnc3O[C@H](C)C(=O)NCC(F)(F)F)c12. The van der Waals surface area contributed by atoms with Gasteiger partial charge in [0.25, 0.3) is 5.91 Å². The number of carbonyl (C=O) groups excluding carboxylic acids is 1. The summed E-state index contributed by atoms with van der Waals surface area (Å²) in [5.74, 6) is 0.709. The summed E-state index contributed by atoms with van der Waals surface area (Å²) in [7, 11) is -2.24. The number of hydrogen-bond donors (Lipinski definition) is 2. The first-order valence-corrected chi connectivity index (χ1v) is 13.1. The van der Waals surface area contributed by atoms with Crippen LogP contribution in [0.4, 0.5) is 30.4 Å². The molecule has 1 aliphatic rings. The molecule has 1 atom stereocenters. The Bertz CT molecular complexity index is 1390. The second-order valence-electron chi connectivity index (χ2n) is 8.43. The zero-order valence-corrected chi connectivity index (χ0v) is 20.4. The van der Waals surface area contributed by atoms with Crippen LogP contribution in [0.2, 0.25) is 0 Å². The van der Waals surface area contributed by atoms with Gasteiger partial charge < -0.3 is 15.4 Å². The maximum Gasteiger partial charge on any atom is 0.405 e. The highest BCUT2D eigenvalue weighted by atomic mass is 32.2. The van der Waals surface area contributed by atoms with E-state index in [0.717, 1.165) is 18.4 Å². The Labute approximate surface area is 206 Å². The fourth-order valence-corrected chi connectivity index (χ4v) is 6.01. The number of halogens is 3. The van der Waals surface area contributed by atoms with Crippen molar-refractivity contribution in [2.24, 2.45) is 4.36 Å². The van der Waals surface area contributed by atoms with E-state index in [9.17, 15) is 22.2 Å². The van der Waals surface area contributed by atoms with Crippen LogP contribution in [0, 0.1) is 6.92 Å². The molecule has 2 aromatic heterocycles. The fourth-order valence-electron chi connectivity index (χ4n) is 3.82. The Hall–Kier alpha value is -3.48. The number of fused-ring (bicyclic) bond motifs is 1. The number of carbonyl (C=O) groups is 1. The van der Waals surface area contributed by atoms with Crippen molar-refractivity contribution in [2.75, 3.05) is 23.4 Å². The number of hydrogen-bond acceptors (Lipinski definition) is 8. The number of anilines is 2. The maximum absolute atomic E-state index is 12.9. The van der Waals surface area contributed by atoms with Crippen molar-refractivity contribution in [2.45, 2.75) is 39.0 Å². The molecular weight excluding hydrogens is 497 g/mol. The van der Waals surface area contributed by atoms with Gasteiger partial charge in [-0.3, -0.25) is 4.79 Å². The van der Waals surface area contributed by atoms with Crippen molar-refractivity contribution >= 4 is 43.7 Å². The van der Waals surface area contributed by atoms with Crippen molar-refractivity contribution in [3.8, 4) is 5.88 Å². The van der Waals surface area contributed by atoms with Gasteiger partial charge in [-0.2, -0.15) is 17.5 Å². The fraction of sp³-hybridized carbons (Fsp3) is 0.391. The standard InChI is InChI=1S/C23H25F3N6O3S/c1-14-10-16(32-36(34)8-3-4-9-36)11-18-19(14)20(30-13-29-18)31-17-6-5-7-27-22(17)35-15(2)21(33)28-12-23(24,25)26/h5-7,10-11,13,15H,3-4,8-9,12H2,1-2H3,(H,28,33)(H,29,30,31)/t15-/m1/s1. The van der Waals surface area contributed by atoms with E-state index in [1.165, 1.54) is 19.4 Å². The van der Waals surface area contributed by atoms with E-state index in [-0.39, 0.29) is 5.88 Å². The molecule has 0 unspecified atom stereocenters. The normalized spacial score (nSPS) is 15.9. The van der Waals surface area contributed by atoms with Crippen LogP contribution >= 0.6 is 0 Å². The molecule has 1 aliphatic heterocycles. The molecule has 9 nitrogen and oxygen atoms in total. The summed E-state index contributed by atoms with van der Waals surface area (Å²) >= 11 is 0. The number of rotatable bonds is 7. The molecule has 1 fully saturated rings. The minimum Gasteiger partial charge on any atom is -0.463 e. The third kappa shape index (κ3) is 6.20. The quantitative estimate of drug-likeness (QED) is 0.472. The van der Waals surface area contributed by atoms with Crippen molar-refractivity contribution in [3.05, 3.63) is 42.4 Å². The van der Waals surface area contributed by atoms with Crippen LogP contribution in [0.3, 0.4) is 0 Å². The Balaban J connectivity index is 1.59. The van der Waals surface area contributed by atoms with Gasteiger partial charge in [-0.15, -0.1) is 0 Å². The van der Waals surface area contributed by atoms with Gasteiger partial charge >= 0.3 is 6.18 Å². The monoisotopic (exact) mass is 522 g/mol. The number of nitrogens with zero attached hydrogens (tertiary/aromatic N) is 4. The third-order valence-corrected chi connectivity index (χ3v) is 7.91. The van der Waals surface area contributed by atoms with Gasteiger partial charge in [-0.1, -0.05) is 0 Å². The molecule has 0 aliphatic carbocycles. The van der Waals surface area contributed by atoms with Crippen LogP contribution in [0.15, 0.2) is 41.2 Å².